The Bertz CT molecular complexity index is 137. The zero-order valence-electron chi connectivity index (χ0n) is 4.81. The molecule has 8 heavy (non-hydrogen) atoms. The van der Waals surface area contributed by atoms with Crippen molar-refractivity contribution in [3.8, 4) is 0 Å². The van der Waals surface area contributed by atoms with Gasteiger partial charge >= 0.3 is 0 Å². The monoisotopic (exact) mass is 128 g/mol. The van der Waals surface area contributed by atoms with Crippen LogP contribution in [0.5, 0.6) is 0 Å². The SMILES string of the molecule is CC(=O)C1=CCSC1. The molecule has 1 rings (SSSR count). The highest BCUT2D eigenvalue weighted by molar-refractivity contribution is 7.99. The lowest BCUT2D eigenvalue weighted by atomic mass is 10.2. The summed E-state index contributed by atoms with van der Waals surface area (Å²) in [6.07, 6.45) is 2.01. The maximum absolute atomic E-state index is 10.6. The van der Waals surface area contributed by atoms with Gasteiger partial charge in [0.2, 0.25) is 0 Å². The van der Waals surface area contributed by atoms with E-state index >= 15 is 0 Å². The van der Waals surface area contributed by atoms with Crippen molar-refractivity contribution in [2.45, 2.75) is 6.92 Å². The fraction of sp³-hybridized carbons (Fsp3) is 0.500. The van der Waals surface area contributed by atoms with Crippen molar-refractivity contribution in [1.29, 1.82) is 0 Å². The molecule has 44 valence electrons. The first-order valence-corrected chi connectivity index (χ1v) is 3.74. The van der Waals surface area contributed by atoms with Crippen LogP contribution in [0, 0.1) is 0 Å². The van der Waals surface area contributed by atoms with E-state index in [1.165, 1.54) is 0 Å². The highest BCUT2D eigenvalue weighted by Gasteiger charge is 2.07. The fourth-order valence-electron chi connectivity index (χ4n) is 0.633. The van der Waals surface area contributed by atoms with E-state index in [1.54, 1.807) is 18.7 Å². The van der Waals surface area contributed by atoms with Crippen LogP contribution in [0.2, 0.25) is 0 Å². The highest BCUT2D eigenvalue weighted by atomic mass is 32.2. The Labute approximate surface area is 53.2 Å². The van der Waals surface area contributed by atoms with Crippen LogP contribution >= 0.6 is 11.8 Å². The Morgan fingerprint density at radius 3 is 2.88 bits per heavy atom. The number of ketones is 1. The van der Waals surface area contributed by atoms with Crippen LogP contribution in [0.3, 0.4) is 0 Å². The molecule has 0 atom stereocenters. The molecule has 2 heteroatoms. The number of rotatable bonds is 1. The van der Waals surface area contributed by atoms with Gasteiger partial charge in [-0.3, -0.25) is 4.79 Å². The van der Waals surface area contributed by atoms with Crippen LogP contribution in [-0.2, 0) is 4.79 Å². The molecule has 1 aliphatic heterocycles. The summed E-state index contributed by atoms with van der Waals surface area (Å²) in [4.78, 5) is 10.6. The third-order valence-corrected chi connectivity index (χ3v) is 2.07. The van der Waals surface area contributed by atoms with Crippen molar-refractivity contribution < 1.29 is 4.79 Å². The van der Waals surface area contributed by atoms with Gasteiger partial charge in [-0.25, -0.2) is 0 Å². The number of carbonyl (C=O) groups excluding carboxylic acids is 1. The Hall–Kier alpha value is -0.240. The summed E-state index contributed by atoms with van der Waals surface area (Å²) >= 11 is 1.80. The standard InChI is InChI=1S/C6H8OS/c1-5(7)6-2-3-8-4-6/h2H,3-4H2,1H3. The predicted molar refractivity (Wildman–Crippen MR) is 36.1 cm³/mol. The maximum atomic E-state index is 10.6. The van der Waals surface area contributed by atoms with Crippen molar-refractivity contribution in [2.75, 3.05) is 11.5 Å². The molecule has 0 amide bonds. The van der Waals surface area contributed by atoms with E-state index < -0.39 is 0 Å². The molecule has 0 aromatic carbocycles. The van der Waals surface area contributed by atoms with Gasteiger partial charge in [-0.1, -0.05) is 6.08 Å². The van der Waals surface area contributed by atoms with Crippen LogP contribution in [0.1, 0.15) is 6.92 Å². The van der Waals surface area contributed by atoms with Crippen LogP contribution in [0.4, 0.5) is 0 Å². The predicted octanol–water partition coefficient (Wildman–Crippen LogP) is 1.25. The Morgan fingerprint density at radius 2 is 2.62 bits per heavy atom. The third kappa shape index (κ3) is 1.13. The lowest BCUT2D eigenvalue weighted by Crippen LogP contribution is -1.94. The maximum Gasteiger partial charge on any atom is 0.156 e. The topological polar surface area (TPSA) is 17.1 Å². The van der Waals surface area contributed by atoms with Crippen LogP contribution in [0.25, 0.3) is 0 Å². The summed E-state index contributed by atoms with van der Waals surface area (Å²) in [5.41, 5.74) is 0.995. The summed E-state index contributed by atoms with van der Waals surface area (Å²) < 4.78 is 0. The number of thioether (sulfide) groups is 1. The average molecular weight is 128 g/mol. The first kappa shape index (κ1) is 5.89. The molecule has 0 radical (unpaired) electrons. The molecule has 1 nitrogen and oxygen atoms in total. The molecular weight excluding hydrogens is 120 g/mol. The second-order valence-corrected chi connectivity index (χ2v) is 2.83. The average Bonchev–Trinajstić information content (AvgIpc) is 2.12. The van der Waals surface area contributed by atoms with Gasteiger partial charge in [-0.15, -0.1) is 0 Å². The Morgan fingerprint density at radius 1 is 1.88 bits per heavy atom. The van der Waals surface area contributed by atoms with E-state index in [1.807, 2.05) is 6.08 Å². The quantitative estimate of drug-likeness (QED) is 0.528. The van der Waals surface area contributed by atoms with E-state index in [2.05, 4.69) is 0 Å². The molecule has 0 aliphatic carbocycles. The minimum atomic E-state index is 0.231. The normalized spacial score (nSPS) is 18.4. The van der Waals surface area contributed by atoms with Gasteiger partial charge in [0.25, 0.3) is 0 Å². The molecule has 0 spiro atoms. The zero-order valence-corrected chi connectivity index (χ0v) is 5.62. The second-order valence-electron chi connectivity index (χ2n) is 1.80. The minimum absolute atomic E-state index is 0.231. The summed E-state index contributed by atoms with van der Waals surface area (Å²) in [6.45, 7) is 1.62. The van der Waals surface area contributed by atoms with E-state index in [0.717, 1.165) is 17.1 Å². The van der Waals surface area contributed by atoms with Crippen LogP contribution < -0.4 is 0 Å². The smallest absolute Gasteiger partial charge is 0.156 e. The lowest BCUT2D eigenvalue weighted by molar-refractivity contribution is -0.113. The Balaban J connectivity index is 2.57. The molecule has 1 aliphatic rings. The molecular formula is C6H8OS. The molecule has 0 saturated carbocycles. The molecule has 1 heterocycles. The zero-order chi connectivity index (χ0) is 5.98. The number of hydrogen-bond donors (Lipinski definition) is 0. The largest absolute Gasteiger partial charge is 0.295 e. The van der Waals surface area contributed by atoms with E-state index in [-0.39, 0.29) is 5.78 Å². The van der Waals surface area contributed by atoms with Crippen molar-refractivity contribution in [1.82, 2.24) is 0 Å². The molecule has 0 bridgehead atoms. The van der Waals surface area contributed by atoms with Crippen LogP contribution in [0.15, 0.2) is 11.6 Å². The molecule has 0 aromatic rings. The van der Waals surface area contributed by atoms with Gasteiger partial charge < -0.3 is 0 Å². The molecule has 0 unspecified atom stereocenters. The van der Waals surface area contributed by atoms with Crippen molar-refractivity contribution in [3.63, 3.8) is 0 Å². The summed E-state index contributed by atoms with van der Waals surface area (Å²) in [6, 6.07) is 0. The highest BCUT2D eigenvalue weighted by Crippen LogP contribution is 2.16. The van der Waals surface area contributed by atoms with E-state index in [9.17, 15) is 4.79 Å². The van der Waals surface area contributed by atoms with Crippen molar-refractivity contribution >= 4 is 17.5 Å². The number of hydrogen-bond acceptors (Lipinski definition) is 2. The summed E-state index contributed by atoms with van der Waals surface area (Å²) in [5, 5.41) is 0. The van der Waals surface area contributed by atoms with Gasteiger partial charge in [0.1, 0.15) is 0 Å². The minimum Gasteiger partial charge on any atom is -0.295 e. The fourth-order valence-corrected chi connectivity index (χ4v) is 1.61. The van der Waals surface area contributed by atoms with Gasteiger partial charge in [0.15, 0.2) is 5.78 Å². The van der Waals surface area contributed by atoms with Gasteiger partial charge in [0, 0.05) is 17.1 Å². The molecule has 0 saturated heterocycles. The number of carbonyl (C=O) groups is 1. The van der Waals surface area contributed by atoms with Gasteiger partial charge in [-0.2, -0.15) is 11.8 Å². The molecule has 0 aromatic heterocycles. The summed E-state index contributed by atoms with van der Waals surface area (Å²) in [5.74, 6) is 2.18. The van der Waals surface area contributed by atoms with Gasteiger partial charge in [0.05, 0.1) is 0 Å². The summed E-state index contributed by atoms with van der Waals surface area (Å²) in [7, 11) is 0. The molecule has 0 N–H and O–H groups in total. The lowest BCUT2D eigenvalue weighted by Gasteiger charge is -1.88. The number of Topliss-reactive ketones (excluding diaryl/α,β-unsaturated/α-hetero) is 1. The van der Waals surface area contributed by atoms with Crippen LogP contribution in [-0.4, -0.2) is 17.3 Å². The first-order valence-electron chi connectivity index (χ1n) is 2.58. The Kier molecular flexibility index (Phi) is 1.73. The van der Waals surface area contributed by atoms with Crippen molar-refractivity contribution in [3.05, 3.63) is 11.6 Å². The molecule has 0 fully saturated rings. The van der Waals surface area contributed by atoms with E-state index in [4.69, 9.17) is 0 Å². The third-order valence-electron chi connectivity index (χ3n) is 1.16. The van der Waals surface area contributed by atoms with Crippen molar-refractivity contribution in [2.24, 2.45) is 0 Å². The second kappa shape index (κ2) is 2.35. The first-order chi connectivity index (χ1) is 3.80. The van der Waals surface area contributed by atoms with E-state index in [0.29, 0.717) is 0 Å². The van der Waals surface area contributed by atoms with Gasteiger partial charge in [-0.05, 0) is 6.92 Å².